The smallest absolute Gasteiger partial charge is 0.328 e. The molecule has 0 unspecified atom stereocenters. The van der Waals surface area contributed by atoms with E-state index in [1.165, 1.54) is 10.1 Å². The number of nitrogens with one attached hydrogen (secondary N) is 1. The van der Waals surface area contributed by atoms with Gasteiger partial charge in [0.05, 0.1) is 22.5 Å². The van der Waals surface area contributed by atoms with Gasteiger partial charge in [0.2, 0.25) is 5.88 Å². The minimum absolute atomic E-state index is 0.125. The van der Waals surface area contributed by atoms with Crippen LogP contribution in [0.2, 0.25) is 0 Å². The first-order valence-electron chi connectivity index (χ1n) is 12.5. The van der Waals surface area contributed by atoms with Crippen LogP contribution in [0, 0.1) is 0 Å². The van der Waals surface area contributed by atoms with Gasteiger partial charge in [0, 0.05) is 24.5 Å². The van der Waals surface area contributed by atoms with Crippen LogP contribution < -0.4 is 5.32 Å². The van der Waals surface area contributed by atoms with E-state index in [1.54, 1.807) is 7.05 Å². The van der Waals surface area contributed by atoms with Crippen molar-refractivity contribution in [3.05, 3.63) is 95.1 Å². The molecule has 186 valence electrons. The molecule has 0 radical (unpaired) electrons. The third kappa shape index (κ3) is 5.04. The van der Waals surface area contributed by atoms with Gasteiger partial charge >= 0.3 is 6.03 Å². The van der Waals surface area contributed by atoms with E-state index in [9.17, 15) is 9.90 Å². The highest BCUT2D eigenvalue weighted by atomic mass is 16.3. The summed E-state index contributed by atoms with van der Waals surface area (Å²) < 4.78 is 1.33. The molecule has 4 rings (SSSR count). The van der Waals surface area contributed by atoms with Gasteiger partial charge in [-0.25, -0.2) is 14.4 Å². The second-order valence-corrected chi connectivity index (χ2v) is 8.75. The average molecular weight is 483 g/mol. The lowest BCUT2D eigenvalue weighted by atomic mass is 9.99. The number of benzene rings is 3. The van der Waals surface area contributed by atoms with Gasteiger partial charge in [-0.3, -0.25) is 4.90 Å². The summed E-state index contributed by atoms with van der Waals surface area (Å²) in [6, 6.07) is 23.6. The third-order valence-corrected chi connectivity index (χ3v) is 6.57. The molecule has 6 nitrogen and oxygen atoms in total. The van der Waals surface area contributed by atoms with Gasteiger partial charge in [-0.15, -0.1) is 0 Å². The van der Waals surface area contributed by atoms with E-state index in [1.807, 2.05) is 60.7 Å². The van der Waals surface area contributed by atoms with Crippen LogP contribution in [0.5, 0.6) is 5.88 Å². The van der Waals surface area contributed by atoms with E-state index < -0.39 is 6.03 Å². The Morgan fingerprint density at radius 2 is 1.69 bits per heavy atom. The Morgan fingerprint density at radius 1 is 0.944 bits per heavy atom. The van der Waals surface area contributed by atoms with E-state index in [4.69, 9.17) is 4.99 Å². The monoisotopic (exact) mass is 482 g/mol. The predicted molar refractivity (Wildman–Crippen MR) is 148 cm³/mol. The molecular weight excluding hydrogens is 448 g/mol. The highest BCUT2D eigenvalue weighted by Gasteiger charge is 2.25. The molecule has 0 aliphatic rings. The van der Waals surface area contributed by atoms with E-state index in [0.29, 0.717) is 16.8 Å². The molecule has 3 aromatic carbocycles. The Labute approximate surface area is 212 Å². The largest absolute Gasteiger partial charge is 0.494 e. The van der Waals surface area contributed by atoms with Crippen LogP contribution in [-0.2, 0) is 13.0 Å². The highest BCUT2D eigenvalue weighted by molar-refractivity contribution is 6.23. The summed E-state index contributed by atoms with van der Waals surface area (Å²) in [6.07, 6.45) is 0.823. The van der Waals surface area contributed by atoms with E-state index in [-0.39, 0.29) is 5.88 Å². The Balaban J connectivity index is 1.95. The molecule has 2 N–H and O–H groups in total. The number of carbonyl (C=O) groups is 1. The third-order valence-electron chi connectivity index (χ3n) is 6.57. The van der Waals surface area contributed by atoms with Crippen molar-refractivity contribution in [3.63, 3.8) is 0 Å². The fourth-order valence-corrected chi connectivity index (χ4v) is 4.51. The Bertz CT molecular complexity index is 1390. The summed E-state index contributed by atoms with van der Waals surface area (Å²) in [5, 5.41) is 14.9. The SMILES string of the molecule is CCc1ccc2c(C(=Nc3cccc(CN(CC)CC)c3)c3ccccc3)c(O)n(C(=O)NC)c2c1. The Kier molecular flexibility index (Phi) is 7.86. The lowest BCUT2D eigenvalue weighted by Crippen LogP contribution is -2.24. The second kappa shape index (κ2) is 11.2. The number of hydrogen-bond acceptors (Lipinski definition) is 4. The molecular formula is C30H34N4O2. The van der Waals surface area contributed by atoms with Gasteiger partial charge in [0.25, 0.3) is 0 Å². The van der Waals surface area contributed by atoms with Crippen LogP contribution in [0.1, 0.15) is 43.0 Å². The van der Waals surface area contributed by atoms with Crippen molar-refractivity contribution >= 4 is 28.3 Å². The molecule has 6 heteroatoms. The summed E-state index contributed by atoms with van der Waals surface area (Å²) in [5.41, 5.74) is 5.72. The summed E-state index contributed by atoms with van der Waals surface area (Å²) in [5.74, 6) is -0.125. The van der Waals surface area contributed by atoms with Crippen molar-refractivity contribution in [2.45, 2.75) is 33.7 Å². The molecule has 0 aliphatic carbocycles. The van der Waals surface area contributed by atoms with Crippen molar-refractivity contribution in [1.82, 2.24) is 14.8 Å². The Hall–Kier alpha value is -3.90. The quantitative estimate of drug-likeness (QED) is 0.298. The number of hydrogen-bond donors (Lipinski definition) is 2. The van der Waals surface area contributed by atoms with Crippen LogP contribution >= 0.6 is 0 Å². The predicted octanol–water partition coefficient (Wildman–Crippen LogP) is 6.11. The van der Waals surface area contributed by atoms with E-state index >= 15 is 0 Å². The topological polar surface area (TPSA) is 69.9 Å². The van der Waals surface area contributed by atoms with Crippen molar-refractivity contribution in [2.75, 3.05) is 20.1 Å². The van der Waals surface area contributed by atoms with Crippen LogP contribution in [0.15, 0.2) is 77.8 Å². The standard InChI is InChI=1S/C30H34N4O2/c1-5-21-16-17-25-26(19-21)34(30(36)31-4)29(35)27(25)28(23-13-9-8-10-14-23)32-24-15-11-12-22(18-24)20-33(6-2)7-3/h8-19,35H,5-7,20H2,1-4H3,(H,31,36). The summed E-state index contributed by atoms with van der Waals surface area (Å²) in [4.78, 5) is 20.3. The number of aromatic hydroxyl groups is 1. The Morgan fingerprint density at radius 3 is 2.36 bits per heavy atom. The zero-order valence-electron chi connectivity index (χ0n) is 21.5. The molecule has 1 amide bonds. The van der Waals surface area contributed by atoms with Gasteiger partial charge in [-0.05, 0) is 48.8 Å². The van der Waals surface area contributed by atoms with Crippen LogP contribution in [0.4, 0.5) is 10.5 Å². The van der Waals surface area contributed by atoms with Gasteiger partial charge in [0.1, 0.15) is 0 Å². The number of rotatable bonds is 8. The molecule has 4 aromatic rings. The fourth-order valence-electron chi connectivity index (χ4n) is 4.51. The first-order valence-corrected chi connectivity index (χ1v) is 12.5. The maximum absolute atomic E-state index is 12.8. The van der Waals surface area contributed by atoms with Crippen LogP contribution in [0.25, 0.3) is 10.9 Å². The van der Waals surface area contributed by atoms with Crippen LogP contribution in [-0.4, -0.2) is 46.5 Å². The fraction of sp³-hybridized carbons (Fsp3) is 0.267. The van der Waals surface area contributed by atoms with Crippen LogP contribution in [0.3, 0.4) is 0 Å². The number of nitrogens with zero attached hydrogens (tertiary/aromatic N) is 3. The van der Waals surface area contributed by atoms with Gasteiger partial charge in [-0.2, -0.15) is 0 Å². The summed E-state index contributed by atoms with van der Waals surface area (Å²) >= 11 is 0. The first kappa shape index (κ1) is 25.2. The molecule has 36 heavy (non-hydrogen) atoms. The van der Waals surface area contributed by atoms with Gasteiger partial charge < -0.3 is 10.4 Å². The number of aromatic nitrogens is 1. The van der Waals surface area contributed by atoms with Crippen molar-refractivity contribution in [3.8, 4) is 5.88 Å². The first-order chi connectivity index (χ1) is 17.5. The molecule has 0 saturated carbocycles. The van der Waals surface area contributed by atoms with Crippen molar-refractivity contribution < 1.29 is 9.90 Å². The van der Waals surface area contributed by atoms with Crippen molar-refractivity contribution in [1.29, 1.82) is 0 Å². The van der Waals surface area contributed by atoms with Gasteiger partial charge in [0.15, 0.2) is 0 Å². The maximum Gasteiger partial charge on any atom is 0.328 e. The van der Waals surface area contributed by atoms with Gasteiger partial charge in [-0.1, -0.05) is 75.4 Å². The zero-order chi connectivity index (χ0) is 25.7. The zero-order valence-corrected chi connectivity index (χ0v) is 21.5. The molecule has 0 spiro atoms. The number of fused-ring (bicyclic) bond motifs is 1. The molecule has 0 saturated heterocycles. The van der Waals surface area contributed by atoms with Crippen molar-refractivity contribution in [2.24, 2.45) is 4.99 Å². The minimum atomic E-state index is -0.398. The normalized spacial score (nSPS) is 11.9. The number of aliphatic imine (C=N–C) groups is 1. The minimum Gasteiger partial charge on any atom is -0.494 e. The number of carbonyl (C=O) groups excluding carboxylic acids is 1. The molecule has 1 heterocycles. The summed E-state index contributed by atoms with van der Waals surface area (Å²) in [7, 11) is 1.56. The lowest BCUT2D eigenvalue weighted by molar-refractivity contribution is 0.242. The highest BCUT2D eigenvalue weighted by Crippen LogP contribution is 2.35. The molecule has 0 aliphatic heterocycles. The number of aryl methyl sites for hydroxylation is 1. The molecule has 0 atom stereocenters. The molecule has 1 aromatic heterocycles. The molecule has 0 fully saturated rings. The molecule has 0 bridgehead atoms. The maximum atomic E-state index is 12.8. The average Bonchev–Trinajstić information content (AvgIpc) is 3.21. The van der Waals surface area contributed by atoms with E-state index in [0.717, 1.165) is 48.3 Å². The second-order valence-electron chi connectivity index (χ2n) is 8.75. The lowest BCUT2D eigenvalue weighted by Gasteiger charge is -2.18. The summed E-state index contributed by atoms with van der Waals surface area (Å²) in [6.45, 7) is 9.19. The number of amides is 1. The van der Waals surface area contributed by atoms with E-state index in [2.05, 4.69) is 43.1 Å².